The van der Waals surface area contributed by atoms with Crippen LogP contribution in [0.1, 0.15) is 48.2 Å². The minimum atomic E-state index is -0.318. The molecule has 0 aliphatic carbocycles. The van der Waals surface area contributed by atoms with Crippen molar-refractivity contribution >= 4 is 5.97 Å². The third kappa shape index (κ3) is 1.69. The molecule has 0 fully saturated rings. The SMILES string of the molecule is CCCCC1OC(=O)c2cccc(O)c21. The molecule has 1 aliphatic rings. The molecule has 0 saturated carbocycles. The first kappa shape index (κ1) is 10.0. The predicted octanol–water partition coefficient (Wildman–Crippen LogP) is 2.79. The lowest BCUT2D eigenvalue weighted by Crippen LogP contribution is -1.98. The summed E-state index contributed by atoms with van der Waals surface area (Å²) in [4.78, 5) is 11.5. The number of unbranched alkanes of at least 4 members (excludes halogenated alkanes) is 1. The van der Waals surface area contributed by atoms with Gasteiger partial charge >= 0.3 is 5.97 Å². The molecular formula is C12H14O3. The average Bonchev–Trinajstić information content (AvgIpc) is 2.55. The Morgan fingerprint density at radius 1 is 1.47 bits per heavy atom. The number of esters is 1. The number of rotatable bonds is 3. The number of cyclic esters (lactones) is 1. The fourth-order valence-electron chi connectivity index (χ4n) is 1.91. The van der Waals surface area contributed by atoms with E-state index in [9.17, 15) is 9.90 Å². The zero-order valence-corrected chi connectivity index (χ0v) is 8.69. The molecule has 1 aromatic carbocycles. The second kappa shape index (κ2) is 3.93. The van der Waals surface area contributed by atoms with Gasteiger partial charge in [-0.2, -0.15) is 0 Å². The van der Waals surface area contributed by atoms with Crippen molar-refractivity contribution in [3.05, 3.63) is 29.3 Å². The van der Waals surface area contributed by atoms with E-state index in [4.69, 9.17) is 4.74 Å². The fourth-order valence-corrected chi connectivity index (χ4v) is 1.91. The quantitative estimate of drug-likeness (QED) is 0.773. The number of fused-ring (bicyclic) bond motifs is 1. The van der Waals surface area contributed by atoms with E-state index < -0.39 is 0 Å². The van der Waals surface area contributed by atoms with Gasteiger partial charge in [-0.05, 0) is 25.0 Å². The Balaban J connectivity index is 2.31. The Bertz CT molecular complexity index is 384. The van der Waals surface area contributed by atoms with Crippen LogP contribution in [0.5, 0.6) is 5.75 Å². The molecule has 1 N–H and O–H groups in total. The van der Waals surface area contributed by atoms with E-state index in [0.717, 1.165) is 19.3 Å². The minimum absolute atomic E-state index is 0.166. The number of hydrogen-bond donors (Lipinski definition) is 1. The topological polar surface area (TPSA) is 46.5 Å². The molecule has 0 aromatic heterocycles. The zero-order valence-electron chi connectivity index (χ0n) is 8.69. The van der Waals surface area contributed by atoms with Crippen molar-refractivity contribution in [2.24, 2.45) is 0 Å². The van der Waals surface area contributed by atoms with Gasteiger partial charge in [0.25, 0.3) is 0 Å². The van der Waals surface area contributed by atoms with Crippen LogP contribution in [0.4, 0.5) is 0 Å². The minimum Gasteiger partial charge on any atom is -0.508 e. The van der Waals surface area contributed by atoms with Crippen LogP contribution >= 0.6 is 0 Å². The molecule has 1 aliphatic heterocycles. The van der Waals surface area contributed by atoms with E-state index in [1.54, 1.807) is 18.2 Å². The van der Waals surface area contributed by atoms with E-state index in [-0.39, 0.29) is 17.8 Å². The Kier molecular flexibility index (Phi) is 2.62. The van der Waals surface area contributed by atoms with Gasteiger partial charge < -0.3 is 9.84 Å². The molecule has 1 atom stereocenters. The van der Waals surface area contributed by atoms with Gasteiger partial charge in [-0.1, -0.05) is 19.4 Å². The highest BCUT2D eigenvalue weighted by molar-refractivity contribution is 5.94. The summed E-state index contributed by atoms with van der Waals surface area (Å²) in [6.45, 7) is 2.09. The van der Waals surface area contributed by atoms with Crippen molar-refractivity contribution in [3.63, 3.8) is 0 Å². The summed E-state index contributed by atoms with van der Waals surface area (Å²) in [6.07, 6.45) is 2.57. The second-order valence-electron chi connectivity index (χ2n) is 3.77. The molecule has 3 heteroatoms. The molecular weight excluding hydrogens is 192 g/mol. The Morgan fingerprint density at radius 3 is 3.00 bits per heavy atom. The van der Waals surface area contributed by atoms with E-state index in [1.807, 2.05) is 0 Å². The van der Waals surface area contributed by atoms with Crippen LogP contribution < -0.4 is 0 Å². The van der Waals surface area contributed by atoms with Crippen molar-refractivity contribution in [2.75, 3.05) is 0 Å². The molecule has 0 saturated heterocycles. The molecule has 0 bridgehead atoms. The average molecular weight is 206 g/mol. The number of carbonyl (C=O) groups is 1. The summed E-state index contributed by atoms with van der Waals surface area (Å²) in [5, 5.41) is 9.69. The van der Waals surface area contributed by atoms with Gasteiger partial charge in [0.15, 0.2) is 0 Å². The smallest absolute Gasteiger partial charge is 0.339 e. The first-order chi connectivity index (χ1) is 7.24. The highest BCUT2D eigenvalue weighted by Gasteiger charge is 2.32. The maximum absolute atomic E-state index is 11.5. The lowest BCUT2D eigenvalue weighted by molar-refractivity contribution is 0.0362. The Hall–Kier alpha value is -1.51. The molecule has 0 amide bonds. The summed E-state index contributed by atoms with van der Waals surface area (Å²) >= 11 is 0. The largest absolute Gasteiger partial charge is 0.508 e. The maximum Gasteiger partial charge on any atom is 0.339 e. The molecule has 2 rings (SSSR count). The molecule has 3 nitrogen and oxygen atoms in total. The van der Waals surface area contributed by atoms with E-state index in [2.05, 4.69) is 6.92 Å². The van der Waals surface area contributed by atoms with E-state index in [0.29, 0.717) is 11.1 Å². The lowest BCUT2D eigenvalue weighted by atomic mass is 10.0. The summed E-state index contributed by atoms with van der Waals surface area (Å²) < 4.78 is 5.22. The number of ether oxygens (including phenoxy) is 1. The first-order valence-electron chi connectivity index (χ1n) is 5.27. The van der Waals surface area contributed by atoms with Crippen molar-refractivity contribution < 1.29 is 14.6 Å². The Labute approximate surface area is 88.7 Å². The summed E-state index contributed by atoms with van der Waals surface area (Å²) in [6, 6.07) is 4.96. The van der Waals surface area contributed by atoms with Gasteiger partial charge in [-0.25, -0.2) is 4.79 Å². The van der Waals surface area contributed by atoms with Crippen molar-refractivity contribution in [3.8, 4) is 5.75 Å². The Morgan fingerprint density at radius 2 is 2.27 bits per heavy atom. The second-order valence-corrected chi connectivity index (χ2v) is 3.77. The van der Waals surface area contributed by atoms with Gasteiger partial charge in [0.2, 0.25) is 0 Å². The molecule has 0 radical (unpaired) electrons. The predicted molar refractivity (Wildman–Crippen MR) is 55.8 cm³/mol. The van der Waals surface area contributed by atoms with Crippen molar-refractivity contribution in [1.82, 2.24) is 0 Å². The van der Waals surface area contributed by atoms with Gasteiger partial charge in [0.1, 0.15) is 11.9 Å². The number of phenolic OH excluding ortho intramolecular Hbond substituents is 1. The van der Waals surface area contributed by atoms with Crippen LogP contribution in [0.2, 0.25) is 0 Å². The summed E-state index contributed by atoms with van der Waals surface area (Å²) in [5.74, 6) is -0.151. The number of phenols is 1. The van der Waals surface area contributed by atoms with Crippen LogP contribution in [0.25, 0.3) is 0 Å². The van der Waals surface area contributed by atoms with Crippen LogP contribution in [-0.2, 0) is 4.74 Å². The van der Waals surface area contributed by atoms with E-state index in [1.165, 1.54) is 0 Å². The normalized spacial score (nSPS) is 18.7. The highest BCUT2D eigenvalue weighted by atomic mass is 16.5. The first-order valence-corrected chi connectivity index (χ1v) is 5.27. The number of benzene rings is 1. The standard InChI is InChI=1S/C12H14O3/c1-2-3-7-10-11-8(12(14)15-10)5-4-6-9(11)13/h4-6,10,13H,2-3,7H2,1H3. The van der Waals surface area contributed by atoms with Gasteiger partial charge in [0.05, 0.1) is 5.56 Å². The van der Waals surface area contributed by atoms with Gasteiger partial charge in [-0.15, -0.1) is 0 Å². The monoisotopic (exact) mass is 206 g/mol. The number of carbonyl (C=O) groups excluding carboxylic acids is 1. The number of aromatic hydroxyl groups is 1. The third-order valence-corrected chi connectivity index (χ3v) is 2.69. The third-order valence-electron chi connectivity index (χ3n) is 2.69. The molecule has 1 heterocycles. The molecule has 1 unspecified atom stereocenters. The van der Waals surface area contributed by atoms with Gasteiger partial charge in [-0.3, -0.25) is 0 Å². The molecule has 0 spiro atoms. The van der Waals surface area contributed by atoms with Crippen LogP contribution in [0.3, 0.4) is 0 Å². The van der Waals surface area contributed by atoms with Crippen molar-refractivity contribution in [1.29, 1.82) is 0 Å². The maximum atomic E-state index is 11.5. The zero-order chi connectivity index (χ0) is 10.8. The van der Waals surface area contributed by atoms with Crippen LogP contribution in [0, 0.1) is 0 Å². The number of hydrogen-bond acceptors (Lipinski definition) is 3. The molecule has 1 aromatic rings. The lowest BCUT2D eigenvalue weighted by Gasteiger charge is -2.10. The van der Waals surface area contributed by atoms with Crippen LogP contribution in [0.15, 0.2) is 18.2 Å². The van der Waals surface area contributed by atoms with Crippen LogP contribution in [-0.4, -0.2) is 11.1 Å². The highest BCUT2D eigenvalue weighted by Crippen LogP contribution is 2.39. The molecule has 80 valence electrons. The fraction of sp³-hybridized carbons (Fsp3) is 0.417. The summed E-state index contributed by atoms with van der Waals surface area (Å²) in [5.41, 5.74) is 1.17. The van der Waals surface area contributed by atoms with Gasteiger partial charge in [0, 0.05) is 5.56 Å². The van der Waals surface area contributed by atoms with E-state index >= 15 is 0 Å². The van der Waals surface area contributed by atoms with Crippen molar-refractivity contribution in [2.45, 2.75) is 32.3 Å². The summed E-state index contributed by atoms with van der Waals surface area (Å²) in [7, 11) is 0. The molecule has 15 heavy (non-hydrogen) atoms.